The van der Waals surface area contributed by atoms with Crippen LogP contribution >= 0.6 is 0 Å². The fourth-order valence-corrected chi connectivity index (χ4v) is 1.88. The standard InChI is InChI=1S/C14H17N/c1-3-10-15(2)14-9-8-12-6-4-5-7-13(12)11-14/h4-9,11H,3,10H2,1-2H3. The molecule has 0 amide bonds. The van der Waals surface area contributed by atoms with Gasteiger partial charge in [-0.25, -0.2) is 0 Å². The number of benzene rings is 2. The van der Waals surface area contributed by atoms with E-state index in [1.165, 1.54) is 22.9 Å². The second-order valence-corrected chi connectivity index (χ2v) is 3.95. The molecule has 0 saturated carbocycles. The highest BCUT2D eigenvalue weighted by atomic mass is 15.1. The minimum atomic E-state index is 1.11. The molecule has 1 heteroatoms. The monoisotopic (exact) mass is 199 g/mol. The molecular weight excluding hydrogens is 182 g/mol. The fraction of sp³-hybridized carbons (Fsp3) is 0.286. The molecule has 0 heterocycles. The van der Waals surface area contributed by atoms with Gasteiger partial charge in [0.05, 0.1) is 0 Å². The topological polar surface area (TPSA) is 3.24 Å². The van der Waals surface area contributed by atoms with Crippen LogP contribution in [0.25, 0.3) is 10.8 Å². The van der Waals surface area contributed by atoms with Gasteiger partial charge in [-0.15, -0.1) is 0 Å². The van der Waals surface area contributed by atoms with Crippen molar-refractivity contribution in [2.24, 2.45) is 0 Å². The average molecular weight is 199 g/mol. The number of hydrogen-bond donors (Lipinski definition) is 0. The van der Waals surface area contributed by atoms with Gasteiger partial charge in [0, 0.05) is 19.3 Å². The Kier molecular flexibility index (Phi) is 2.91. The Morgan fingerprint density at radius 3 is 2.47 bits per heavy atom. The van der Waals surface area contributed by atoms with Crippen molar-refractivity contribution in [1.82, 2.24) is 0 Å². The van der Waals surface area contributed by atoms with Gasteiger partial charge < -0.3 is 4.90 Å². The summed E-state index contributed by atoms with van der Waals surface area (Å²) in [5.41, 5.74) is 1.30. The van der Waals surface area contributed by atoms with Crippen molar-refractivity contribution in [3.8, 4) is 0 Å². The maximum Gasteiger partial charge on any atom is 0.0370 e. The second kappa shape index (κ2) is 4.35. The van der Waals surface area contributed by atoms with Crippen molar-refractivity contribution in [3.63, 3.8) is 0 Å². The summed E-state index contributed by atoms with van der Waals surface area (Å²) >= 11 is 0. The lowest BCUT2D eigenvalue weighted by Gasteiger charge is -2.18. The molecule has 1 nitrogen and oxygen atoms in total. The Morgan fingerprint density at radius 1 is 1.00 bits per heavy atom. The molecule has 0 spiro atoms. The molecular formula is C14H17N. The Balaban J connectivity index is 2.38. The van der Waals surface area contributed by atoms with Crippen LogP contribution in [-0.2, 0) is 0 Å². The van der Waals surface area contributed by atoms with Crippen LogP contribution in [0.4, 0.5) is 5.69 Å². The van der Waals surface area contributed by atoms with Crippen LogP contribution in [-0.4, -0.2) is 13.6 Å². The predicted molar refractivity (Wildman–Crippen MR) is 67.5 cm³/mol. The number of hydrogen-bond acceptors (Lipinski definition) is 1. The molecule has 0 radical (unpaired) electrons. The lowest BCUT2D eigenvalue weighted by atomic mass is 10.1. The smallest absolute Gasteiger partial charge is 0.0370 e. The summed E-state index contributed by atoms with van der Waals surface area (Å²) in [7, 11) is 2.15. The van der Waals surface area contributed by atoms with Crippen molar-refractivity contribution in [1.29, 1.82) is 0 Å². The number of fused-ring (bicyclic) bond motifs is 1. The predicted octanol–water partition coefficient (Wildman–Crippen LogP) is 3.69. The quantitative estimate of drug-likeness (QED) is 0.728. The summed E-state index contributed by atoms with van der Waals surface area (Å²) < 4.78 is 0. The molecule has 0 saturated heterocycles. The number of anilines is 1. The lowest BCUT2D eigenvalue weighted by Crippen LogP contribution is -2.17. The van der Waals surface area contributed by atoms with E-state index in [-0.39, 0.29) is 0 Å². The van der Waals surface area contributed by atoms with Gasteiger partial charge in [-0.1, -0.05) is 37.3 Å². The van der Waals surface area contributed by atoms with Crippen LogP contribution in [0.2, 0.25) is 0 Å². The van der Waals surface area contributed by atoms with E-state index in [2.05, 4.69) is 61.3 Å². The van der Waals surface area contributed by atoms with E-state index in [0.29, 0.717) is 0 Å². The molecule has 0 aromatic heterocycles. The molecule has 0 unspecified atom stereocenters. The third kappa shape index (κ3) is 2.12. The molecule has 15 heavy (non-hydrogen) atoms. The first-order chi connectivity index (χ1) is 7.31. The van der Waals surface area contributed by atoms with Crippen molar-refractivity contribution >= 4 is 16.5 Å². The van der Waals surface area contributed by atoms with E-state index in [1.54, 1.807) is 0 Å². The van der Waals surface area contributed by atoms with Gasteiger partial charge in [-0.2, -0.15) is 0 Å². The Bertz CT molecular complexity index is 448. The first kappa shape index (κ1) is 10.0. The normalized spacial score (nSPS) is 10.5. The van der Waals surface area contributed by atoms with E-state index in [0.717, 1.165) is 6.54 Å². The third-order valence-electron chi connectivity index (χ3n) is 2.73. The molecule has 78 valence electrons. The van der Waals surface area contributed by atoms with Crippen molar-refractivity contribution < 1.29 is 0 Å². The summed E-state index contributed by atoms with van der Waals surface area (Å²) in [5, 5.41) is 2.63. The van der Waals surface area contributed by atoms with E-state index >= 15 is 0 Å². The van der Waals surface area contributed by atoms with Crippen LogP contribution in [0.5, 0.6) is 0 Å². The van der Waals surface area contributed by atoms with E-state index in [4.69, 9.17) is 0 Å². The molecule has 0 aliphatic rings. The van der Waals surface area contributed by atoms with Gasteiger partial charge in [0.2, 0.25) is 0 Å². The molecule has 0 bridgehead atoms. The number of nitrogens with zero attached hydrogens (tertiary/aromatic N) is 1. The molecule has 0 aliphatic carbocycles. The maximum atomic E-state index is 2.30. The molecule has 2 rings (SSSR count). The summed E-state index contributed by atoms with van der Waals surface area (Å²) in [5.74, 6) is 0. The fourth-order valence-electron chi connectivity index (χ4n) is 1.88. The largest absolute Gasteiger partial charge is 0.375 e. The van der Waals surface area contributed by atoms with Crippen molar-refractivity contribution in [2.45, 2.75) is 13.3 Å². The summed E-state index contributed by atoms with van der Waals surface area (Å²) in [4.78, 5) is 2.30. The minimum Gasteiger partial charge on any atom is -0.375 e. The van der Waals surface area contributed by atoms with Crippen molar-refractivity contribution in [3.05, 3.63) is 42.5 Å². The summed E-state index contributed by atoms with van der Waals surface area (Å²) in [6.07, 6.45) is 1.18. The highest BCUT2D eigenvalue weighted by molar-refractivity contribution is 5.85. The molecule has 0 fully saturated rings. The van der Waals surface area contributed by atoms with Gasteiger partial charge in [-0.3, -0.25) is 0 Å². The zero-order valence-corrected chi connectivity index (χ0v) is 9.40. The zero-order valence-electron chi connectivity index (χ0n) is 9.40. The van der Waals surface area contributed by atoms with Crippen LogP contribution in [0.3, 0.4) is 0 Å². The van der Waals surface area contributed by atoms with Crippen LogP contribution in [0, 0.1) is 0 Å². The highest BCUT2D eigenvalue weighted by Crippen LogP contribution is 2.21. The Labute approximate surface area is 91.3 Å². The average Bonchev–Trinajstić information content (AvgIpc) is 2.29. The van der Waals surface area contributed by atoms with E-state index < -0.39 is 0 Å². The Hall–Kier alpha value is -1.50. The third-order valence-corrected chi connectivity index (χ3v) is 2.73. The summed E-state index contributed by atoms with van der Waals surface area (Å²) in [6.45, 7) is 3.32. The second-order valence-electron chi connectivity index (χ2n) is 3.95. The zero-order chi connectivity index (χ0) is 10.7. The van der Waals surface area contributed by atoms with Gasteiger partial charge in [0.25, 0.3) is 0 Å². The minimum absolute atomic E-state index is 1.11. The first-order valence-electron chi connectivity index (χ1n) is 5.51. The SMILES string of the molecule is CCCN(C)c1ccc2ccccc2c1. The number of rotatable bonds is 3. The van der Waals surface area contributed by atoms with Crippen LogP contribution in [0.1, 0.15) is 13.3 Å². The van der Waals surface area contributed by atoms with E-state index in [9.17, 15) is 0 Å². The molecule has 0 aliphatic heterocycles. The van der Waals surface area contributed by atoms with Gasteiger partial charge in [0.15, 0.2) is 0 Å². The maximum absolute atomic E-state index is 2.30. The molecule has 2 aromatic rings. The summed E-state index contributed by atoms with van der Waals surface area (Å²) in [6, 6.07) is 15.1. The van der Waals surface area contributed by atoms with Crippen LogP contribution in [0.15, 0.2) is 42.5 Å². The lowest BCUT2D eigenvalue weighted by molar-refractivity contribution is 0.853. The Morgan fingerprint density at radius 2 is 1.73 bits per heavy atom. The van der Waals surface area contributed by atoms with E-state index in [1.807, 2.05) is 0 Å². The van der Waals surface area contributed by atoms with Crippen LogP contribution < -0.4 is 4.90 Å². The molecule has 0 atom stereocenters. The van der Waals surface area contributed by atoms with Gasteiger partial charge in [-0.05, 0) is 29.3 Å². The van der Waals surface area contributed by atoms with Gasteiger partial charge >= 0.3 is 0 Å². The first-order valence-corrected chi connectivity index (χ1v) is 5.51. The molecule has 2 aromatic carbocycles. The van der Waals surface area contributed by atoms with Crippen molar-refractivity contribution in [2.75, 3.05) is 18.5 Å². The molecule has 0 N–H and O–H groups in total. The highest BCUT2D eigenvalue weighted by Gasteiger charge is 2.00. The van der Waals surface area contributed by atoms with Gasteiger partial charge in [0.1, 0.15) is 0 Å².